The van der Waals surface area contributed by atoms with Gasteiger partial charge in [0.2, 0.25) is 0 Å². The molecule has 0 fully saturated rings. The normalized spacial score (nSPS) is 11.8. The lowest BCUT2D eigenvalue weighted by Gasteiger charge is -2.16. The Morgan fingerprint density at radius 3 is 2.53 bits per heavy atom. The molecule has 3 aromatic heterocycles. The van der Waals surface area contributed by atoms with Crippen molar-refractivity contribution >= 4 is 22.7 Å². The minimum absolute atomic E-state index is 0.0384. The molecule has 0 aliphatic carbocycles. The molecule has 0 saturated heterocycles. The topological polar surface area (TPSA) is 145 Å². The summed E-state index contributed by atoms with van der Waals surface area (Å²) in [6, 6.07) is 14.8. The van der Waals surface area contributed by atoms with Crippen LogP contribution in [0.25, 0.3) is 33.9 Å². The third-order valence-electron chi connectivity index (χ3n) is 4.76. The van der Waals surface area contributed by atoms with Crippen molar-refractivity contribution in [2.75, 3.05) is 12.8 Å². The van der Waals surface area contributed by atoms with E-state index in [9.17, 15) is 5.11 Å². The van der Waals surface area contributed by atoms with Gasteiger partial charge in [0.15, 0.2) is 11.5 Å². The predicted molar refractivity (Wildman–Crippen MR) is 117 cm³/mol. The zero-order valence-corrected chi connectivity index (χ0v) is 16.4. The number of aromatic nitrogens is 4. The van der Waals surface area contributed by atoms with Crippen LogP contribution in [-0.4, -0.2) is 36.7 Å². The van der Waals surface area contributed by atoms with Crippen molar-refractivity contribution in [1.82, 2.24) is 24.5 Å². The number of nitrogens with zero attached hydrogens (tertiary/aromatic N) is 5. The van der Waals surface area contributed by atoms with Crippen LogP contribution < -0.4 is 17.3 Å². The van der Waals surface area contributed by atoms with Crippen LogP contribution in [0.4, 0.5) is 5.82 Å². The number of benzene rings is 1. The lowest BCUT2D eigenvalue weighted by Crippen LogP contribution is -2.25. The second-order valence-electron chi connectivity index (χ2n) is 6.73. The Bertz CT molecular complexity index is 1230. The van der Waals surface area contributed by atoms with E-state index in [1.54, 1.807) is 13.2 Å². The van der Waals surface area contributed by atoms with Gasteiger partial charge in [-0.15, -0.1) is 0 Å². The lowest BCUT2D eigenvalue weighted by molar-refractivity contribution is 0.282. The molecule has 0 saturated carbocycles. The number of aliphatic hydroxyl groups excluding tert-OH is 1. The highest BCUT2D eigenvalue weighted by atomic mass is 16.3. The van der Waals surface area contributed by atoms with E-state index in [4.69, 9.17) is 27.3 Å². The van der Waals surface area contributed by atoms with Crippen LogP contribution in [0.2, 0.25) is 0 Å². The summed E-state index contributed by atoms with van der Waals surface area (Å²) < 4.78 is 1.90. The molecule has 1 aromatic carbocycles. The standard InChI is InChI=1S/C21H22N8O/c1-28(24)18(11-22)16-8-9-17-21(26-16)29(14-6-4-13(12-30)5-7-14)20(27-17)15-3-2-10-25-19(15)23/h2-11,30H,12,22,24H2,1H3,(H2,23,25)/b18-11-. The lowest BCUT2D eigenvalue weighted by atomic mass is 10.2. The molecule has 9 heteroatoms. The smallest absolute Gasteiger partial charge is 0.165 e. The highest BCUT2D eigenvalue weighted by molar-refractivity contribution is 5.84. The molecule has 4 rings (SSSR count). The number of rotatable bonds is 5. The number of aliphatic hydroxyl groups is 1. The van der Waals surface area contributed by atoms with E-state index < -0.39 is 0 Å². The van der Waals surface area contributed by atoms with E-state index in [1.807, 2.05) is 53.1 Å². The second-order valence-corrected chi connectivity index (χ2v) is 6.73. The fourth-order valence-electron chi connectivity index (χ4n) is 3.27. The van der Waals surface area contributed by atoms with Gasteiger partial charge in [-0.3, -0.25) is 4.57 Å². The van der Waals surface area contributed by atoms with Gasteiger partial charge in [0, 0.05) is 25.1 Å². The number of imidazole rings is 1. The Morgan fingerprint density at radius 1 is 1.13 bits per heavy atom. The van der Waals surface area contributed by atoms with E-state index in [1.165, 1.54) is 11.2 Å². The molecule has 7 N–H and O–H groups in total. The molecule has 152 valence electrons. The maximum Gasteiger partial charge on any atom is 0.165 e. The Hall–Kier alpha value is -3.95. The average Bonchev–Trinajstić information content (AvgIpc) is 3.13. The molecule has 0 aliphatic heterocycles. The summed E-state index contributed by atoms with van der Waals surface area (Å²) in [6.07, 6.45) is 3.04. The van der Waals surface area contributed by atoms with Gasteiger partial charge in [-0.2, -0.15) is 0 Å². The van der Waals surface area contributed by atoms with Gasteiger partial charge < -0.3 is 21.6 Å². The Balaban J connectivity index is 2.02. The van der Waals surface area contributed by atoms with E-state index >= 15 is 0 Å². The number of hydrazine groups is 1. The number of hydrogen-bond acceptors (Lipinski definition) is 8. The van der Waals surface area contributed by atoms with Crippen molar-refractivity contribution in [3.05, 3.63) is 72.2 Å². The van der Waals surface area contributed by atoms with E-state index in [0.29, 0.717) is 39.8 Å². The van der Waals surface area contributed by atoms with Crippen LogP contribution in [0.3, 0.4) is 0 Å². The first-order chi connectivity index (χ1) is 14.5. The summed E-state index contributed by atoms with van der Waals surface area (Å²) >= 11 is 0. The van der Waals surface area contributed by atoms with Crippen molar-refractivity contribution in [1.29, 1.82) is 0 Å². The van der Waals surface area contributed by atoms with Crippen molar-refractivity contribution < 1.29 is 5.11 Å². The molecule has 3 heterocycles. The molecule has 0 radical (unpaired) electrons. The van der Waals surface area contributed by atoms with Crippen molar-refractivity contribution in [2.45, 2.75) is 6.61 Å². The third-order valence-corrected chi connectivity index (χ3v) is 4.76. The summed E-state index contributed by atoms with van der Waals surface area (Å²) in [6.45, 7) is -0.0384. The number of nitrogen functional groups attached to an aromatic ring is 1. The zero-order valence-electron chi connectivity index (χ0n) is 16.4. The number of pyridine rings is 2. The van der Waals surface area contributed by atoms with Crippen LogP contribution in [-0.2, 0) is 6.61 Å². The van der Waals surface area contributed by atoms with Gasteiger partial charge in [-0.05, 0) is 42.0 Å². The molecule has 0 amide bonds. The molecule has 0 bridgehead atoms. The van der Waals surface area contributed by atoms with Crippen LogP contribution in [0.15, 0.2) is 60.9 Å². The third kappa shape index (κ3) is 3.32. The molecule has 4 aromatic rings. The van der Waals surface area contributed by atoms with Crippen LogP contribution in [0, 0.1) is 0 Å². The summed E-state index contributed by atoms with van der Waals surface area (Å²) in [5, 5.41) is 10.8. The first kappa shape index (κ1) is 19.4. The minimum Gasteiger partial charge on any atom is -0.403 e. The summed E-state index contributed by atoms with van der Waals surface area (Å²) in [7, 11) is 1.69. The van der Waals surface area contributed by atoms with E-state index in [0.717, 1.165) is 11.3 Å². The first-order valence-corrected chi connectivity index (χ1v) is 9.24. The Morgan fingerprint density at radius 2 is 1.90 bits per heavy atom. The number of anilines is 1. The molecular weight excluding hydrogens is 380 g/mol. The minimum atomic E-state index is -0.0384. The summed E-state index contributed by atoms with van der Waals surface area (Å²) in [5.41, 5.74) is 16.7. The predicted octanol–water partition coefficient (Wildman–Crippen LogP) is 1.62. The Kier molecular flexibility index (Phi) is 5.05. The SMILES string of the molecule is CN(N)/C(=C\N)c1ccc2nc(-c3cccnc3N)n(-c3ccc(CO)cc3)c2n1. The summed E-state index contributed by atoms with van der Waals surface area (Å²) in [5.74, 6) is 6.87. The second kappa shape index (κ2) is 7.82. The van der Waals surface area contributed by atoms with Crippen LogP contribution in [0.1, 0.15) is 11.3 Å². The highest BCUT2D eigenvalue weighted by Gasteiger charge is 2.19. The first-order valence-electron chi connectivity index (χ1n) is 9.24. The molecule has 30 heavy (non-hydrogen) atoms. The van der Waals surface area contributed by atoms with E-state index in [-0.39, 0.29) is 6.61 Å². The fourth-order valence-corrected chi connectivity index (χ4v) is 3.27. The van der Waals surface area contributed by atoms with Crippen LogP contribution >= 0.6 is 0 Å². The molecule has 0 spiro atoms. The number of fused-ring (bicyclic) bond motifs is 1. The van der Waals surface area contributed by atoms with Gasteiger partial charge in [0.1, 0.15) is 11.3 Å². The van der Waals surface area contributed by atoms with Gasteiger partial charge >= 0.3 is 0 Å². The van der Waals surface area contributed by atoms with Crippen molar-refractivity contribution in [3.8, 4) is 17.1 Å². The molecule has 0 unspecified atom stereocenters. The van der Waals surface area contributed by atoms with Gasteiger partial charge in [-0.25, -0.2) is 20.8 Å². The fraction of sp³-hybridized carbons (Fsp3) is 0.0952. The molecule has 9 nitrogen and oxygen atoms in total. The highest BCUT2D eigenvalue weighted by Crippen LogP contribution is 2.31. The maximum atomic E-state index is 9.39. The Labute approximate surface area is 173 Å². The van der Waals surface area contributed by atoms with Gasteiger partial charge in [0.05, 0.1) is 23.6 Å². The maximum absolute atomic E-state index is 9.39. The summed E-state index contributed by atoms with van der Waals surface area (Å²) in [4.78, 5) is 13.7. The number of hydrogen-bond donors (Lipinski definition) is 4. The van der Waals surface area contributed by atoms with Gasteiger partial charge in [-0.1, -0.05) is 12.1 Å². The molecular formula is C21H22N8O. The molecule has 0 atom stereocenters. The van der Waals surface area contributed by atoms with Gasteiger partial charge in [0.25, 0.3) is 0 Å². The van der Waals surface area contributed by atoms with E-state index in [2.05, 4.69) is 4.98 Å². The quantitative estimate of drug-likeness (QED) is 0.291. The zero-order chi connectivity index (χ0) is 21.3. The monoisotopic (exact) mass is 402 g/mol. The van der Waals surface area contributed by atoms with Crippen LogP contribution in [0.5, 0.6) is 0 Å². The van der Waals surface area contributed by atoms with Crippen molar-refractivity contribution in [3.63, 3.8) is 0 Å². The largest absolute Gasteiger partial charge is 0.403 e. The number of nitrogens with two attached hydrogens (primary N) is 3. The van der Waals surface area contributed by atoms with Crippen molar-refractivity contribution in [2.24, 2.45) is 11.6 Å². The molecule has 0 aliphatic rings. The average molecular weight is 402 g/mol.